The van der Waals surface area contributed by atoms with E-state index in [1.807, 2.05) is 45.9 Å². The minimum atomic E-state index is -0.264. The number of nitrogens with one attached hydrogen (secondary N) is 1. The zero-order valence-corrected chi connectivity index (χ0v) is 16.3. The van der Waals surface area contributed by atoms with Crippen molar-refractivity contribution in [2.24, 2.45) is 5.92 Å². The fourth-order valence-electron chi connectivity index (χ4n) is 2.73. The summed E-state index contributed by atoms with van der Waals surface area (Å²) in [5, 5.41) is 3.08. The highest BCUT2D eigenvalue weighted by Crippen LogP contribution is 2.18. The number of rotatable bonds is 10. The van der Waals surface area contributed by atoms with Crippen LogP contribution in [0.5, 0.6) is 0 Å². The van der Waals surface area contributed by atoms with Crippen molar-refractivity contribution in [1.82, 2.24) is 5.32 Å². The van der Waals surface area contributed by atoms with Gasteiger partial charge in [-0.1, -0.05) is 31.0 Å². The molecule has 142 valence electrons. The highest BCUT2D eigenvalue weighted by atomic mass is 16.5. The summed E-state index contributed by atoms with van der Waals surface area (Å²) in [6, 6.07) is 5.63. The van der Waals surface area contributed by atoms with Gasteiger partial charge in [-0.2, -0.15) is 0 Å². The Kier molecular flexibility index (Phi) is 8.76. The molecule has 1 N–H and O–H groups in total. The number of ether oxygens (including phenoxy) is 1. The molecule has 0 saturated heterocycles. The van der Waals surface area contributed by atoms with E-state index in [9.17, 15) is 14.4 Å². The molecule has 26 heavy (non-hydrogen) atoms. The van der Waals surface area contributed by atoms with Crippen LogP contribution in [-0.2, 0) is 14.3 Å². The highest BCUT2D eigenvalue weighted by molar-refractivity contribution is 6.11. The van der Waals surface area contributed by atoms with Gasteiger partial charge >= 0.3 is 5.97 Å². The number of benzene rings is 1. The van der Waals surface area contributed by atoms with Gasteiger partial charge in [0.25, 0.3) is 0 Å². The standard InChI is InChI=1S/C21H29NO4/c1-6-26-19(24)8-7-9-22-20(18(13-23)14(2)3)21(25)17-11-15(4)10-16(5)12-17/h10-14,22H,6-9H2,1-5H3/b20-18+. The van der Waals surface area contributed by atoms with Crippen molar-refractivity contribution in [3.8, 4) is 0 Å². The van der Waals surface area contributed by atoms with Crippen LogP contribution in [0, 0.1) is 19.8 Å². The molecule has 0 aliphatic carbocycles. The van der Waals surface area contributed by atoms with E-state index in [2.05, 4.69) is 5.32 Å². The van der Waals surface area contributed by atoms with E-state index in [0.717, 1.165) is 17.4 Å². The lowest BCUT2D eigenvalue weighted by Gasteiger charge is -2.16. The molecule has 1 aromatic rings. The predicted molar refractivity (Wildman–Crippen MR) is 102 cm³/mol. The number of esters is 1. The van der Waals surface area contributed by atoms with E-state index in [1.54, 1.807) is 6.92 Å². The Morgan fingerprint density at radius 1 is 1.15 bits per heavy atom. The van der Waals surface area contributed by atoms with Crippen LogP contribution in [0.1, 0.15) is 55.1 Å². The van der Waals surface area contributed by atoms with Crippen LogP contribution < -0.4 is 5.32 Å². The van der Waals surface area contributed by atoms with E-state index in [0.29, 0.717) is 36.4 Å². The molecule has 0 spiro atoms. The summed E-state index contributed by atoms with van der Waals surface area (Å²) in [6.45, 7) is 10.1. The second kappa shape index (κ2) is 10.5. The third-order valence-electron chi connectivity index (χ3n) is 3.91. The van der Waals surface area contributed by atoms with Gasteiger partial charge in [-0.15, -0.1) is 0 Å². The van der Waals surface area contributed by atoms with E-state index >= 15 is 0 Å². The molecule has 0 aromatic heterocycles. The zero-order chi connectivity index (χ0) is 19.7. The molecule has 0 atom stereocenters. The average molecular weight is 359 g/mol. The molecule has 0 amide bonds. The van der Waals surface area contributed by atoms with E-state index in [4.69, 9.17) is 4.74 Å². The van der Waals surface area contributed by atoms with Crippen LogP contribution in [0.4, 0.5) is 0 Å². The van der Waals surface area contributed by atoms with Crippen molar-refractivity contribution < 1.29 is 19.1 Å². The summed E-state index contributed by atoms with van der Waals surface area (Å²) >= 11 is 0. The van der Waals surface area contributed by atoms with Gasteiger partial charge < -0.3 is 10.1 Å². The second-order valence-electron chi connectivity index (χ2n) is 6.64. The smallest absolute Gasteiger partial charge is 0.305 e. The van der Waals surface area contributed by atoms with Gasteiger partial charge in [0.15, 0.2) is 0 Å². The largest absolute Gasteiger partial charge is 0.466 e. The van der Waals surface area contributed by atoms with Gasteiger partial charge in [0.05, 0.1) is 12.3 Å². The van der Waals surface area contributed by atoms with Gasteiger partial charge in [0.1, 0.15) is 6.29 Å². The fourth-order valence-corrected chi connectivity index (χ4v) is 2.73. The number of carbonyl (C=O) groups excluding carboxylic acids is 3. The summed E-state index contributed by atoms with van der Waals surface area (Å²) in [5.41, 5.74) is 3.28. The lowest BCUT2D eigenvalue weighted by Crippen LogP contribution is -2.26. The molecule has 1 rings (SSSR count). The molecule has 0 saturated carbocycles. The summed E-state index contributed by atoms with van der Waals surface area (Å²) in [4.78, 5) is 36.0. The molecule has 0 bridgehead atoms. The number of hydrogen-bond acceptors (Lipinski definition) is 5. The van der Waals surface area contributed by atoms with Gasteiger partial charge in [-0.3, -0.25) is 14.4 Å². The lowest BCUT2D eigenvalue weighted by atomic mass is 9.95. The molecule has 1 aromatic carbocycles. The first kappa shape index (κ1) is 21.6. The Labute approximate surface area is 155 Å². The minimum absolute atomic E-state index is 0.0880. The van der Waals surface area contributed by atoms with Crippen molar-refractivity contribution in [1.29, 1.82) is 0 Å². The summed E-state index contributed by atoms with van der Waals surface area (Å²) in [5.74, 6) is -0.557. The van der Waals surface area contributed by atoms with Gasteiger partial charge in [-0.05, 0) is 45.2 Å². The first-order valence-corrected chi connectivity index (χ1v) is 9.02. The van der Waals surface area contributed by atoms with E-state index in [-0.39, 0.29) is 24.1 Å². The molecule has 0 unspecified atom stereocenters. The van der Waals surface area contributed by atoms with Crippen LogP contribution in [-0.4, -0.2) is 31.2 Å². The van der Waals surface area contributed by atoms with Crippen LogP contribution in [0.25, 0.3) is 0 Å². The molecular formula is C21H29NO4. The minimum Gasteiger partial charge on any atom is -0.466 e. The average Bonchev–Trinajstić information content (AvgIpc) is 2.56. The maximum Gasteiger partial charge on any atom is 0.305 e. The highest BCUT2D eigenvalue weighted by Gasteiger charge is 2.19. The van der Waals surface area contributed by atoms with Gasteiger partial charge in [-0.25, -0.2) is 0 Å². The maximum absolute atomic E-state index is 13.0. The van der Waals surface area contributed by atoms with Crippen molar-refractivity contribution >= 4 is 18.0 Å². The molecule has 0 radical (unpaired) electrons. The Bertz CT molecular complexity index is 669. The third-order valence-corrected chi connectivity index (χ3v) is 3.91. The molecule has 0 aliphatic heterocycles. The quantitative estimate of drug-likeness (QED) is 0.227. The molecule has 5 heteroatoms. The van der Waals surface area contributed by atoms with Crippen LogP contribution in [0.3, 0.4) is 0 Å². The topological polar surface area (TPSA) is 72.5 Å². The number of hydrogen-bond donors (Lipinski definition) is 1. The summed E-state index contributed by atoms with van der Waals surface area (Å²) in [7, 11) is 0. The molecule has 0 aliphatic rings. The number of ketones is 1. The molecule has 0 fully saturated rings. The number of carbonyl (C=O) groups is 3. The van der Waals surface area contributed by atoms with Crippen molar-refractivity contribution in [2.45, 2.75) is 47.5 Å². The Balaban J connectivity index is 3.01. The Morgan fingerprint density at radius 3 is 2.27 bits per heavy atom. The SMILES string of the molecule is CCOC(=O)CCCN/C(C(=O)c1cc(C)cc(C)c1)=C(\C=O)C(C)C. The third kappa shape index (κ3) is 6.47. The van der Waals surface area contributed by atoms with E-state index in [1.165, 1.54) is 0 Å². The first-order valence-electron chi connectivity index (χ1n) is 9.02. The first-order chi connectivity index (χ1) is 12.3. The molecule has 5 nitrogen and oxygen atoms in total. The van der Waals surface area contributed by atoms with Crippen LogP contribution in [0.15, 0.2) is 29.5 Å². The second-order valence-corrected chi connectivity index (χ2v) is 6.64. The van der Waals surface area contributed by atoms with Crippen molar-refractivity contribution in [2.75, 3.05) is 13.2 Å². The molecular weight excluding hydrogens is 330 g/mol. The summed E-state index contributed by atoms with van der Waals surface area (Å²) < 4.78 is 4.90. The Morgan fingerprint density at radius 2 is 1.77 bits per heavy atom. The van der Waals surface area contributed by atoms with Crippen molar-refractivity contribution in [3.05, 3.63) is 46.2 Å². The van der Waals surface area contributed by atoms with Crippen molar-refractivity contribution in [3.63, 3.8) is 0 Å². The van der Waals surface area contributed by atoms with E-state index < -0.39 is 0 Å². The van der Waals surface area contributed by atoms with Gasteiger partial charge in [0, 0.05) is 24.1 Å². The number of Topliss-reactive ketones (excluding diaryl/α,β-unsaturated/α-hetero) is 1. The van der Waals surface area contributed by atoms with Crippen LogP contribution >= 0.6 is 0 Å². The lowest BCUT2D eigenvalue weighted by molar-refractivity contribution is -0.143. The number of aryl methyl sites for hydroxylation is 2. The predicted octanol–water partition coefficient (Wildman–Crippen LogP) is 3.53. The van der Waals surface area contributed by atoms with Gasteiger partial charge in [0.2, 0.25) is 5.78 Å². The summed E-state index contributed by atoms with van der Waals surface area (Å²) in [6.07, 6.45) is 1.52. The Hall–Kier alpha value is -2.43. The monoisotopic (exact) mass is 359 g/mol. The normalized spacial score (nSPS) is 11.8. The number of allylic oxidation sites excluding steroid dienone is 2. The zero-order valence-electron chi connectivity index (χ0n) is 16.3. The maximum atomic E-state index is 13.0. The molecule has 0 heterocycles. The van der Waals surface area contributed by atoms with Crippen LogP contribution in [0.2, 0.25) is 0 Å². The fraction of sp³-hybridized carbons (Fsp3) is 0.476. The number of aldehydes is 1.